The lowest BCUT2D eigenvalue weighted by molar-refractivity contribution is -0.201. The van der Waals surface area contributed by atoms with Gasteiger partial charge in [0.25, 0.3) is 0 Å². The zero-order valence-electron chi connectivity index (χ0n) is 13.5. The van der Waals surface area contributed by atoms with Crippen molar-refractivity contribution in [3.8, 4) is 0 Å². The van der Waals surface area contributed by atoms with Crippen LogP contribution in [0.25, 0.3) is 11.0 Å². The SMILES string of the molecule is CSc1nn([C@@H]2O[C@@H](CO)[C@H]3OC(C)(C)O[C@H]32)c2ncnc(N)c12. The number of fused-ring (bicyclic) bond motifs is 2. The van der Waals surface area contributed by atoms with Crippen LogP contribution < -0.4 is 5.73 Å². The lowest BCUT2D eigenvalue weighted by Crippen LogP contribution is -2.31. The van der Waals surface area contributed by atoms with E-state index < -0.39 is 24.2 Å². The lowest BCUT2D eigenvalue weighted by atomic mass is 10.1. The number of nitrogen functional groups attached to an aromatic ring is 1. The van der Waals surface area contributed by atoms with Crippen LogP contribution in [-0.2, 0) is 14.2 Å². The summed E-state index contributed by atoms with van der Waals surface area (Å²) in [6.07, 6.45) is 1.49. The molecule has 2 saturated heterocycles. The Balaban J connectivity index is 1.82. The van der Waals surface area contributed by atoms with E-state index in [9.17, 15) is 5.11 Å². The molecule has 10 heteroatoms. The van der Waals surface area contributed by atoms with Crippen molar-refractivity contribution in [2.45, 2.75) is 49.2 Å². The summed E-state index contributed by atoms with van der Waals surface area (Å²) in [6, 6.07) is 0. The molecule has 2 aliphatic rings. The zero-order valence-corrected chi connectivity index (χ0v) is 14.4. The third-order valence-corrected chi connectivity index (χ3v) is 4.90. The lowest BCUT2D eigenvalue weighted by Gasteiger charge is -2.23. The first-order chi connectivity index (χ1) is 11.4. The van der Waals surface area contributed by atoms with Gasteiger partial charge in [0.2, 0.25) is 0 Å². The van der Waals surface area contributed by atoms with Gasteiger partial charge in [0.15, 0.2) is 17.7 Å². The number of ether oxygens (including phenoxy) is 3. The standard InChI is InChI=1S/C14H19N5O4S/c1-14(2)22-8-6(4-20)21-13(9(8)23-14)19-11-7(12(18-19)24-3)10(15)16-5-17-11/h5-6,8-9,13,20H,4H2,1-3H3,(H2,15,16,17)/t6-,8+,9+,13+/m0/s1. The molecule has 24 heavy (non-hydrogen) atoms. The highest BCUT2D eigenvalue weighted by Crippen LogP contribution is 2.44. The van der Waals surface area contributed by atoms with Crippen LogP contribution in [0.4, 0.5) is 5.82 Å². The molecule has 0 saturated carbocycles. The maximum atomic E-state index is 9.62. The van der Waals surface area contributed by atoms with E-state index in [1.807, 2.05) is 20.1 Å². The molecule has 2 aromatic rings. The van der Waals surface area contributed by atoms with Crippen LogP contribution in [0.5, 0.6) is 0 Å². The molecule has 0 aliphatic carbocycles. The number of aliphatic hydroxyl groups excluding tert-OH is 1. The normalized spacial score (nSPS) is 31.7. The topological polar surface area (TPSA) is 118 Å². The molecule has 4 atom stereocenters. The summed E-state index contributed by atoms with van der Waals surface area (Å²) in [6.45, 7) is 3.51. The minimum Gasteiger partial charge on any atom is -0.394 e. The average molecular weight is 353 g/mol. The summed E-state index contributed by atoms with van der Waals surface area (Å²) in [4.78, 5) is 8.35. The molecule has 4 heterocycles. The van der Waals surface area contributed by atoms with Crippen LogP contribution in [-0.4, -0.2) is 61.8 Å². The number of anilines is 1. The highest BCUT2D eigenvalue weighted by molar-refractivity contribution is 7.98. The van der Waals surface area contributed by atoms with Gasteiger partial charge in [-0.25, -0.2) is 14.6 Å². The Morgan fingerprint density at radius 2 is 2.08 bits per heavy atom. The number of aliphatic hydroxyl groups is 1. The van der Waals surface area contributed by atoms with Crippen LogP contribution >= 0.6 is 11.8 Å². The number of nitrogens with zero attached hydrogens (tertiary/aromatic N) is 4. The number of nitrogens with two attached hydrogens (primary N) is 1. The number of hydrogen-bond donors (Lipinski definition) is 2. The highest BCUT2D eigenvalue weighted by Gasteiger charge is 2.56. The van der Waals surface area contributed by atoms with Crippen molar-refractivity contribution >= 4 is 28.6 Å². The van der Waals surface area contributed by atoms with E-state index in [0.717, 1.165) is 0 Å². The minimum atomic E-state index is -0.746. The molecule has 0 amide bonds. The molecule has 0 bridgehead atoms. The minimum absolute atomic E-state index is 0.164. The van der Waals surface area contributed by atoms with Gasteiger partial charge in [-0.2, -0.15) is 5.10 Å². The highest BCUT2D eigenvalue weighted by atomic mass is 32.2. The molecule has 0 aromatic carbocycles. The van der Waals surface area contributed by atoms with Gasteiger partial charge in [0.05, 0.1) is 12.0 Å². The molecule has 130 valence electrons. The quantitative estimate of drug-likeness (QED) is 0.762. The Kier molecular flexibility index (Phi) is 3.69. The van der Waals surface area contributed by atoms with Crippen molar-refractivity contribution in [2.24, 2.45) is 0 Å². The predicted molar refractivity (Wildman–Crippen MR) is 86.3 cm³/mol. The summed E-state index contributed by atoms with van der Waals surface area (Å²) >= 11 is 1.45. The first kappa shape index (κ1) is 16.0. The van der Waals surface area contributed by atoms with E-state index in [4.69, 9.17) is 19.9 Å². The molecule has 2 aromatic heterocycles. The van der Waals surface area contributed by atoms with E-state index in [0.29, 0.717) is 21.9 Å². The Bertz CT molecular complexity index is 782. The fourth-order valence-corrected chi connectivity index (χ4v) is 3.86. The monoisotopic (exact) mass is 353 g/mol. The number of rotatable bonds is 3. The molecule has 2 fully saturated rings. The first-order valence-electron chi connectivity index (χ1n) is 7.60. The van der Waals surface area contributed by atoms with Gasteiger partial charge < -0.3 is 25.1 Å². The Labute approximate surface area is 142 Å². The summed E-state index contributed by atoms with van der Waals surface area (Å²) in [5, 5.41) is 15.6. The van der Waals surface area contributed by atoms with Crippen molar-refractivity contribution in [3.05, 3.63) is 6.33 Å². The molecular weight excluding hydrogens is 334 g/mol. The second kappa shape index (κ2) is 5.53. The maximum Gasteiger partial charge on any atom is 0.181 e. The second-order valence-corrected chi connectivity index (χ2v) is 7.02. The molecule has 0 radical (unpaired) electrons. The molecule has 0 spiro atoms. The van der Waals surface area contributed by atoms with E-state index in [1.165, 1.54) is 18.1 Å². The van der Waals surface area contributed by atoms with E-state index >= 15 is 0 Å². The third-order valence-electron chi connectivity index (χ3n) is 4.23. The summed E-state index contributed by atoms with van der Waals surface area (Å²) in [7, 11) is 0. The Hall–Kier alpha value is -1.46. The fraction of sp³-hybridized carbons (Fsp3) is 0.643. The molecule has 0 unspecified atom stereocenters. The smallest absolute Gasteiger partial charge is 0.181 e. The van der Waals surface area contributed by atoms with Gasteiger partial charge in [0, 0.05) is 0 Å². The number of aromatic nitrogens is 4. The Morgan fingerprint density at radius 1 is 1.33 bits per heavy atom. The van der Waals surface area contributed by atoms with Crippen molar-refractivity contribution in [2.75, 3.05) is 18.6 Å². The van der Waals surface area contributed by atoms with Crippen LogP contribution in [0.3, 0.4) is 0 Å². The number of thioether (sulfide) groups is 1. The van der Waals surface area contributed by atoms with Crippen molar-refractivity contribution in [1.29, 1.82) is 0 Å². The molecule has 2 aliphatic heterocycles. The van der Waals surface area contributed by atoms with Crippen molar-refractivity contribution in [1.82, 2.24) is 19.7 Å². The largest absolute Gasteiger partial charge is 0.394 e. The Morgan fingerprint density at radius 3 is 2.79 bits per heavy atom. The summed E-state index contributed by atoms with van der Waals surface area (Å²) in [5.74, 6) is -0.378. The van der Waals surface area contributed by atoms with Gasteiger partial charge in [-0.15, -0.1) is 11.8 Å². The van der Waals surface area contributed by atoms with Crippen LogP contribution in [0, 0.1) is 0 Å². The van der Waals surface area contributed by atoms with Crippen LogP contribution in [0.15, 0.2) is 11.4 Å². The second-order valence-electron chi connectivity index (χ2n) is 6.22. The van der Waals surface area contributed by atoms with Gasteiger partial charge in [0.1, 0.15) is 35.5 Å². The van der Waals surface area contributed by atoms with Gasteiger partial charge in [-0.1, -0.05) is 0 Å². The average Bonchev–Trinajstić information content (AvgIpc) is 3.16. The predicted octanol–water partition coefficient (Wildman–Crippen LogP) is 0.540. The van der Waals surface area contributed by atoms with Gasteiger partial charge in [-0.05, 0) is 20.1 Å². The van der Waals surface area contributed by atoms with E-state index in [-0.39, 0.29) is 12.7 Å². The first-order valence-corrected chi connectivity index (χ1v) is 8.82. The molecule has 3 N–H and O–H groups in total. The van der Waals surface area contributed by atoms with E-state index in [1.54, 1.807) is 4.68 Å². The molecular formula is C14H19N5O4S. The maximum absolute atomic E-state index is 9.62. The van der Waals surface area contributed by atoms with Crippen LogP contribution in [0.2, 0.25) is 0 Å². The third kappa shape index (κ3) is 2.29. The summed E-state index contributed by atoms with van der Waals surface area (Å²) in [5.41, 5.74) is 6.57. The number of hydrogen-bond acceptors (Lipinski definition) is 9. The fourth-order valence-electron chi connectivity index (χ4n) is 3.29. The summed E-state index contributed by atoms with van der Waals surface area (Å²) < 4.78 is 19.5. The molecule has 4 rings (SSSR count). The van der Waals surface area contributed by atoms with Gasteiger partial charge in [-0.3, -0.25) is 0 Å². The van der Waals surface area contributed by atoms with E-state index in [2.05, 4.69) is 15.1 Å². The zero-order chi connectivity index (χ0) is 17.1. The molecule has 9 nitrogen and oxygen atoms in total. The van der Waals surface area contributed by atoms with Gasteiger partial charge >= 0.3 is 0 Å². The van der Waals surface area contributed by atoms with Crippen molar-refractivity contribution in [3.63, 3.8) is 0 Å². The van der Waals surface area contributed by atoms with Crippen LogP contribution in [0.1, 0.15) is 20.1 Å². The van der Waals surface area contributed by atoms with Crippen molar-refractivity contribution < 1.29 is 19.3 Å².